The molecule has 0 saturated heterocycles. The van der Waals surface area contributed by atoms with E-state index in [1.165, 1.54) is 0 Å². The third-order valence-corrected chi connectivity index (χ3v) is 1.43. The number of unbranched alkanes of at least 4 members (excludes halogenated alkanes) is 1. The van der Waals surface area contributed by atoms with Crippen LogP contribution >= 0.6 is 0 Å². The number of aliphatic hydroxyl groups excluding tert-OH is 1. The summed E-state index contributed by atoms with van der Waals surface area (Å²) in [5.74, 6) is 0.549. The standard InChI is InChI=1S/C7H9NO/c8-4-2-1-3-6-5-7(6)9/h9H,1-3,5H2. The molecule has 2 nitrogen and oxygen atoms in total. The fraction of sp³-hybridized carbons (Fsp3) is 0.571. The van der Waals surface area contributed by atoms with Crippen molar-refractivity contribution in [1.29, 1.82) is 5.26 Å². The molecule has 0 amide bonds. The molecule has 0 saturated carbocycles. The van der Waals surface area contributed by atoms with Crippen LogP contribution in [0.2, 0.25) is 0 Å². The van der Waals surface area contributed by atoms with Gasteiger partial charge in [0, 0.05) is 12.8 Å². The SMILES string of the molecule is N#CCCCC1=C(O)C1. The second-order valence-electron chi connectivity index (χ2n) is 2.24. The van der Waals surface area contributed by atoms with Gasteiger partial charge in [-0.2, -0.15) is 5.26 Å². The van der Waals surface area contributed by atoms with Crippen molar-refractivity contribution in [1.82, 2.24) is 0 Å². The number of hydrogen-bond acceptors (Lipinski definition) is 2. The third kappa shape index (κ3) is 1.77. The smallest absolute Gasteiger partial charge is 0.0960 e. The van der Waals surface area contributed by atoms with Gasteiger partial charge in [-0.05, 0) is 18.4 Å². The second kappa shape index (κ2) is 2.54. The van der Waals surface area contributed by atoms with E-state index < -0.39 is 0 Å². The molecule has 0 atom stereocenters. The number of hydrogen-bond donors (Lipinski definition) is 1. The van der Waals surface area contributed by atoms with Crippen molar-refractivity contribution in [3.8, 4) is 6.07 Å². The Morgan fingerprint density at radius 3 is 2.78 bits per heavy atom. The summed E-state index contributed by atoms with van der Waals surface area (Å²) >= 11 is 0. The van der Waals surface area contributed by atoms with Gasteiger partial charge in [-0.3, -0.25) is 0 Å². The molecule has 0 radical (unpaired) electrons. The molecular weight excluding hydrogens is 114 g/mol. The van der Waals surface area contributed by atoms with E-state index in [2.05, 4.69) is 6.07 Å². The normalized spacial score (nSPS) is 15.4. The van der Waals surface area contributed by atoms with Gasteiger partial charge in [0.1, 0.15) is 0 Å². The molecule has 0 aromatic heterocycles. The minimum Gasteiger partial charge on any atom is -0.512 e. The van der Waals surface area contributed by atoms with Crippen molar-refractivity contribution < 1.29 is 5.11 Å². The van der Waals surface area contributed by atoms with E-state index in [0.29, 0.717) is 12.2 Å². The number of nitrogens with zero attached hydrogens (tertiary/aromatic N) is 1. The second-order valence-corrected chi connectivity index (χ2v) is 2.24. The largest absolute Gasteiger partial charge is 0.512 e. The first-order valence-electron chi connectivity index (χ1n) is 3.11. The summed E-state index contributed by atoms with van der Waals surface area (Å²) in [6.07, 6.45) is 3.22. The highest BCUT2D eigenvalue weighted by molar-refractivity contribution is 5.28. The molecule has 0 aromatic rings. The quantitative estimate of drug-likeness (QED) is 0.582. The van der Waals surface area contributed by atoms with E-state index in [4.69, 9.17) is 10.4 Å². The van der Waals surface area contributed by atoms with Crippen molar-refractivity contribution in [2.45, 2.75) is 25.7 Å². The van der Waals surface area contributed by atoms with Crippen LogP contribution in [0.25, 0.3) is 0 Å². The van der Waals surface area contributed by atoms with Crippen LogP contribution in [0.1, 0.15) is 25.7 Å². The minimum absolute atomic E-state index is 0.549. The molecule has 1 aliphatic carbocycles. The maximum atomic E-state index is 8.72. The Hall–Kier alpha value is -0.970. The van der Waals surface area contributed by atoms with Crippen LogP contribution in [0.4, 0.5) is 0 Å². The molecular formula is C7H9NO. The first-order valence-corrected chi connectivity index (χ1v) is 3.11. The average molecular weight is 123 g/mol. The molecule has 2 heteroatoms. The van der Waals surface area contributed by atoms with Crippen LogP contribution in [0.15, 0.2) is 11.3 Å². The Morgan fingerprint density at radius 1 is 1.67 bits per heavy atom. The maximum Gasteiger partial charge on any atom is 0.0960 e. The number of aliphatic hydroxyl groups is 1. The van der Waals surface area contributed by atoms with E-state index in [1.807, 2.05) is 0 Å². The lowest BCUT2D eigenvalue weighted by molar-refractivity contribution is 0.435. The molecule has 0 aromatic carbocycles. The summed E-state index contributed by atoms with van der Waals surface area (Å²) < 4.78 is 0. The molecule has 0 aliphatic heterocycles. The Morgan fingerprint density at radius 2 is 2.33 bits per heavy atom. The molecule has 0 heterocycles. The van der Waals surface area contributed by atoms with E-state index in [1.54, 1.807) is 0 Å². The Kier molecular flexibility index (Phi) is 1.74. The summed E-state index contributed by atoms with van der Waals surface area (Å²) in [5.41, 5.74) is 1.14. The highest BCUT2D eigenvalue weighted by atomic mass is 16.3. The van der Waals surface area contributed by atoms with Gasteiger partial charge in [0.05, 0.1) is 11.8 Å². The molecule has 0 unspecified atom stereocenters. The lowest BCUT2D eigenvalue weighted by atomic mass is 10.2. The fourth-order valence-corrected chi connectivity index (χ4v) is 0.771. The third-order valence-electron chi connectivity index (χ3n) is 1.43. The van der Waals surface area contributed by atoms with Gasteiger partial charge in [-0.1, -0.05) is 0 Å². The van der Waals surface area contributed by atoms with Crippen LogP contribution in [0.3, 0.4) is 0 Å². The highest BCUT2D eigenvalue weighted by Gasteiger charge is 2.18. The Labute approximate surface area is 54.4 Å². The van der Waals surface area contributed by atoms with E-state index in [-0.39, 0.29) is 0 Å². The zero-order valence-corrected chi connectivity index (χ0v) is 5.22. The summed E-state index contributed by atoms with van der Waals surface area (Å²) in [6, 6.07) is 2.06. The number of rotatable bonds is 3. The predicted molar refractivity (Wildman–Crippen MR) is 33.7 cm³/mol. The first kappa shape index (κ1) is 6.15. The van der Waals surface area contributed by atoms with Crippen molar-refractivity contribution in [3.05, 3.63) is 11.3 Å². The topological polar surface area (TPSA) is 44.0 Å². The van der Waals surface area contributed by atoms with Gasteiger partial charge in [0.2, 0.25) is 0 Å². The van der Waals surface area contributed by atoms with Crippen LogP contribution in [0.5, 0.6) is 0 Å². The van der Waals surface area contributed by atoms with E-state index in [9.17, 15) is 0 Å². The summed E-state index contributed by atoms with van der Waals surface area (Å²) in [6.45, 7) is 0. The van der Waals surface area contributed by atoms with Gasteiger partial charge in [-0.25, -0.2) is 0 Å². The fourth-order valence-electron chi connectivity index (χ4n) is 0.771. The van der Waals surface area contributed by atoms with E-state index in [0.717, 1.165) is 24.8 Å². The van der Waals surface area contributed by atoms with Gasteiger partial charge < -0.3 is 5.11 Å². The van der Waals surface area contributed by atoms with Crippen LogP contribution in [-0.2, 0) is 0 Å². The molecule has 48 valence electrons. The molecule has 1 N–H and O–H groups in total. The average Bonchev–Trinajstić information content (AvgIpc) is 2.48. The molecule has 1 rings (SSSR count). The van der Waals surface area contributed by atoms with Gasteiger partial charge in [-0.15, -0.1) is 0 Å². The summed E-state index contributed by atoms with van der Waals surface area (Å²) in [5, 5.41) is 16.9. The van der Waals surface area contributed by atoms with Crippen molar-refractivity contribution >= 4 is 0 Å². The lowest BCUT2D eigenvalue weighted by Gasteiger charge is -1.83. The van der Waals surface area contributed by atoms with E-state index >= 15 is 0 Å². The molecule has 0 spiro atoms. The number of allylic oxidation sites excluding steroid dienone is 2. The van der Waals surface area contributed by atoms with Crippen molar-refractivity contribution in [2.24, 2.45) is 0 Å². The lowest BCUT2D eigenvalue weighted by Crippen LogP contribution is -1.69. The minimum atomic E-state index is 0.549. The zero-order valence-electron chi connectivity index (χ0n) is 5.22. The Bertz CT molecular complexity index is 176. The Balaban J connectivity index is 2.02. The summed E-state index contributed by atoms with van der Waals surface area (Å²) in [7, 11) is 0. The molecule has 1 aliphatic rings. The van der Waals surface area contributed by atoms with Crippen molar-refractivity contribution in [2.75, 3.05) is 0 Å². The summed E-state index contributed by atoms with van der Waals surface area (Å²) in [4.78, 5) is 0. The maximum absolute atomic E-state index is 8.72. The zero-order chi connectivity index (χ0) is 6.69. The van der Waals surface area contributed by atoms with Crippen molar-refractivity contribution in [3.63, 3.8) is 0 Å². The van der Waals surface area contributed by atoms with Crippen LogP contribution in [-0.4, -0.2) is 5.11 Å². The predicted octanol–water partition coefficient (Wildman–Crippen LogP) is 1.90. The van der Waals surface area contributed by atoms with Crippen LogP contribution in [0, 0.1) is 11.3 Å². The van der Waals surface area contributed by atoms with Gasteiger partial charge in [0.25, 0.3) is 0 Å². The van der Waals surface area contributed by atoms with Gasteiger partial charge in [0.15, 0.2) is 0 Å². The monoisotopic (exact) mass is 123 g/mol. The first-order chi connectivity index (χ1) is 4.34. The molecule has 0 bridgehead atoms. The highest BCUT2D eigenvalue weighted by Crippen LogP contribution is 2.31. The number of nitriles is 1. The molecule has 0 fully saturated rings. The van der Waals surface area contributed by atoms with Gasteiger partial charge >= 0.3 is 0 Å². The van der Waals surface area contributed by atoms with Crippen LogP contribution < -0.4 is 0 Å². The molecule has 9 heavy (non-hydrogen) atoms.